The zero-order valence-electron chi connectivity index (χ0n) is 10.9. The van der Waals surface area contributed by atoms with Crippen LogP contribution in [0.25, 0.3) is 0 Å². The van der Waals surface area contributed by atoms with Crippen molar-refractivity contribution in [2.45, 2.75) is 19.3 Å². The van der Waals surface area contributed by atoms with Gasteiger partial charge in [0.2, 0.25) is 11.8 Å². The minimum Gasteiger partial charge on any atom is -0.477 e. The van der Waals surface area contributed by atoms with Crippen molar-refractivity contribution in [3.8, 4) is 11.8 Å². The second-order valence-electron chi connectivity index (χ2n) is 5.13. The fraction of sp³-hybridized carbons (Fsp3) is 0.400. The highest BCUT2D eigenvalue weighted by Crippen LogP contribution is 2.42. The van der Waals surface area contributed by atoms with Crippen molar-refractivity contribution in [3.63, 3.8) is 0 Å². The fourth-order valence-electron chi connectivity index (χ4n) is 3.02. The molecule has 5 heteroatoms. The van der Waals surface area contributed by atoms with Gasteiger partial charge in [-0.3, -0.25) is 9.59 Å². The smallest absolute Gasteiger partial charge is 0.237 e. The van der Waals surface area contributed by atoms with Gasteiger partial charge >= 0.3 is 0 Å². The van der Waals surface area contributed by atoms with Gasteiger partial charge in [0.1, 0.15) is 11.8 Å². The van der Waals surface area contributed by atoms with Gasteiger partial charge in [-0.15, -0.1) is 0 Å². The molecule has 1 aliphatic heterocycles. The molecule has 2 aliphatic rings. The lowest BCUT2D eigenvalue weighted by Crippen LogP contribution is -2.46. The van der Waals surface area contributed by atoms with Crippen LogP contribution < -0.4 is 9.64 Å². The van der Waals surface area contributed by atoms with E-state index in [1.54, 1.807) is 24.3 Å². The zero-order valence-corrected chi connectivity index (χ0v) is 10.9. The third-order valence-corrected chi connectivity index (χ3v) is 3.97. The first-order valence-electron chi connectivity index (χ1n) is 6.69. The molecule has 2 fully saturated rings. The summed E-state index contributed by atoms with van der Waals surface area (Å²) in [6.45, 7) is -0.111. The number of amides is 2. The topological polar surface area (TPSA) is 70.4 Å². The third kappa shape index (κ3) is 1.94. The molecule has 1 aromatic carbocycles. The highest BCUT2D eigenvalue weighted by atomic mass is 16.5. The van der Waals surface area contributed by atoms with Crippen LogP contribution in [0, 0.1) is 23.2 Å². The van der Waals surface area contributed by atoms with E-state index >= 15 is 0 Å². The van der Waals surface area contributed by atoms with Crippen molar-refractivity contribution in [2.24, 2.45) is 11.8 Å². The zero-order chi connectivity index (χ0) is 14.1. The third-order valence-electron chi connectivity index (χ3n) is 3.97. The molecule has 0 aromatic heterocycles. The van der Waals surface area contributed by atoms with Crippen molar-refractivity contribution >= 4 is 17.5 Å². The molecular weight excluding hydrogens is 256 g/mol. The van der Waals surface area contributed by atoms with Crippen LogP contribution in [0.2, 0.25) is 0 Å². The Hall–Kier alpha value is -2.35. The molecule has 0 N–H and O–H groups in total. The van der Waals surface area contributed by atoms with Gasteiger partial charge in [-0.25, -0.2) is 4.90 Å². The number of para-hydroxylation sites is 2. The average Bonchev–Trinajstić information content (AvgIpc) is 2.91. The Morgan fingerprint density at radius 1 is 1.20 bits per heavy atom. The molecule has 102 valence electrons. The molecule has 1 heterocycles. The number of imide groups is 1. The number of nitrogens with zero attached hydrogens (tertiary/aromatic N) is 2. The summed E-state index contributed by atoms with van der Waals surface area (Å²) >= 11 is 0. The van der Waals surface area contributed by atoms with Gasteiger partial charge in [0, 0.05) is 11.8 Å². The minimum atomic E-state index is -0.142. The molecule has 2 atom stereocenters. The molecule has 1 saturated carbocycles. The first kappa shape index (κ1) is 12.7. The van der Waals surface area contributed by atoms with Crippen LogP contribution in [-0.2, 0) is 9.59 Å². The van der Waals surface area contributed by atoms with Crippen LogP contribution in [0.15, 0.2) is 24.3 Å². The Labute approximate surface area is 116 Å². The van der Waals surface area contributed by atoms with E-state index in [1.165, 1.54) is 4.90 Å². The maximum absolute atomic E-state index is 12.4. The predicted molar refractivity (Wildman–Crippen MR) is 70.9 cm³/mol. The van der Waals surface area contributed by atoms with Gasteiger partial charge < -0.3 is 4.74 Å². The van der Waals surface area contributed by atoms with E-state index in [9.17, 15) is 9.59 Å². The first-order chi connectivity index (χ1) is 9.72. The number of carbonyl (C=O) groups excluding carboxylic acids is 2. The fourth-order valence-corrected chi connectivity index (χ4v) is 3.02. The van der Waals surface area contributed by atoms with Gasteiger partial charge in [0.15, 0.2) is 6.61 Å². The Balaban J connectivity index is 1.98. The van der Waals surface area contributed by atoms with Gasteiger partial charge in [-0.2, -0.15) is 5.26 Å². The molecule has 1 aliphatic carbocycles. The van der Waals surface area contributed by atoms with E-state index in [-0.39, 0.29) is 30.3 Å². The minimum absolute atomic E-state index is 0.0540. The van der Waals surface area contributed by atoms with Crippen molar-refractivity contribution in [1.82, 2.24) is 0 Å². The summed E-state index contributed by atoms with van der Waals surface area (Å²) < 4.78 is 5.32. The highest BCUT2D eigenvalue weighted by Gasteiger charge is 2.46. The lowest BCUT2D eigenvalue weighted by Gasteiger charge is -2.30. The van der Waals surface area contributed by atoms with Crippen LogP contribution >= 0.6 is 0 Å². The summed E-state index contributed by atoms with van der Waals surface area (Å²) in [5.74, 6) is 0.00834. The lowest BCUT2D eigenvalue weighted by atomic mass is 9.96. The number of rotatable bonds is 3. The Morgan fingerprint density at radius 3 is 2.50 bits per heavy atom. The van der Waals surface area contributed by atoms with Crippen molar-refractivity contribution in [1.29, 1.82) is 5.26 Å². The normalized spacial score (nSPS) is 24.6. The molecule has 2 amide bonds. The van der Waals surface area contributed by atoms with E-state index in [0.29, 0.717) is 17.9 Å². The molecule has 3 rings (SSSR count). The Bertz CT molecular complexity index is 583. The molecule has 5 nitrogen and oxygen atoms in total. The number of ether oxygens (including phenoxy) is 1. The van der Waals surface area contributed by atoms with Gasteiger partial charge in [-0.1, -0.05) is 12.1 Å². The number of hydrogen-bond donors (Lipinski definition) is 0. The van der Waals surface area contributed by atoms with Crippen LogP contribution in [0.3, 0.4) is 0 Å². The summed E-state index contributed by atoms with van der Waals surface area (Å²) in [5, 5.41) is 8.60. The van der Waals surface area contributed by atoms with E-state index in [0.717, 1.165) is 12.8 Å². The molecule has 0 radical (unpaired) electrons. The standard InChI is InChI=1S/C15H14N2O3/c16-7-8-20-13-4-2-1-3-12(13)17-14(18)10-5-6-11(9-10)15(17)19/h1-4,10-11H,5-6,8-9H2. The number of hydrogen-bond acceptors (Lipinski definition) is 4. The van der Waals surface area contributed by atoms with Gasteiger partial charge in [0.25, 0.3) is 0 Å². The summed E-state index contributed by atoms with van der Waals surface area (Å²) in [6, 6.07) is 8.76. The number of piperidine rings is 1. The van der Waals surface area contributed by atoms with Gasteiger partial charge in [-0.05, 0) is 31.4 Å². The van der Waals surface area contributed by atoms with Crippen molar-refractivity contribution in [2.75, 3.05) is 11.5 Å². The monoisotopic (exact) mass is 270 g/mol. The quantitative estimate of drug-likeness (QED) is 0.786. The number of fused-ring (bicyclic) bond motifs is 2. The van der Waals surface area contributed by atoms with Crippen LogP contribution in [0.4, 0.5) is 5.69 Å². The van der Waals surface area contributed by atoms with Crippen molar-refractivity contribution in [3.05, 3.63) is 24.3 Å². The Morgan fingerprint density at radius 2 is 1.85 bits per heavy atom. The molecule has 2 unspecified atom stereocenters. The SMILES string of the molecule is N#CCOc1ccccc1N1C(=O)C2CCC(C2)C1=O. The predicted octanol–water partition coefficient (Wildman–Crippen LogP) is 1.88. The molecule has 1 saturated heterocycles. The maximum Gasteiger partial charge on any atom is 0.237 e. The van der Waals surface area contributed by atoms with E-state index in [2.05, 4.69) is 0 Å². The van der Waals surface area contributed by atoms with Gasteiger partial charge in [0.05, 0.1) is 5.69 Å². The molecule has 0 spiro atoms. The maximum atomic E-state index is 12.4. The number of anilines is 1. The van der Waals surface area contributed by atoms with E-state index < -0.39 is 0 Å². The Kier molecular flexibility index (Phi) is 3.15. The van der Waals surface area contributed by atoms with E-state index in [4.69, 9.17) is 10.00 Å². The van der Waals surface area contributed by atoms with Crippen LogP contribution in [-0.4, -0.2) is 18.4 Å². The summed E-state index contributed by atoms with van der Waals surface area (Å²) in [7, 11) is 0. The second-order valence-corrected chi connectivity index (χ2v) is 5.13. The van der Waals surface area contributed by atoms with Crippen LogP contribution in [0.5, 0.6) is 5.75 Å². The highest BCUT2D eigenvalue weighted by molar-refractivity contribution is 6.19. The average molecular weight is 270 g/mol. The number of benzene rings is 1. The molecule has 1 aromatic rings. The largest absolute Gasteiger partial charge is 0.477 e. The summed E-state index contributed by atoms with van der Waals surface area (Å²) in [6.07, 6.45) is 2.25. The van der Waals surface area contributed by atoms with E-state index in [1.807, 2.05) is 6.07 Å². The summed E-state index contributed by atoms with van der Waals surface area (Å²) in [4.78, 5) is 26.1. The molecule has 20 heavy (non-hydrogen) atoms. The second kappa shape index (κ2) is 4.97. The molecule has 2 bridgehead atoms. The number of nitriles is 1. The first-order valence-corrected chi connectivity index (χ1v) is 6.69. The van der Waals surface area contributed by atoms with Crippen LogP contribution in [0.1, 0.15) is 19.3 Å². The number of carbonyl (C=O) groups is 2. The summed E-state index contributed by atoms with van der Waals surface area (Å²) in [5.41, 5.74) is 0.453. The van der Waals surface area contributed by atoms with Crippen molar-refractivity contribution < 1.29 is 14.3 Å². The molecular formula is C15H14N2O3. The lowest BCUT2D eigenvalue weighted by molar-refractivity contribution is -0.133.